The number of urea groups is 1. The van der Waals surface area contributed by atoms with Gasteiger partial charge in [-0.25, -0.2) is 4.79 Å². The van der Waals surface area contributed by atoms with Gasteiger partial charge >= 0.3 is 12.0 Å². The van der Waals surface area contributed by atoms with Crippen LogP contribution in [0.2, 0.25) is 0 Å². The maximum absolute atomic E-state index is 11.1. The number of carbonyl (C=O) groups excluding carboxylic acids is 2. The largest absolute Gasteiger partial charge is 0.469 e. The van der Waals surface area contributed by atoms with Gasteiger partial charge in [0.05, 0.1) is 13.5 Å². The lowest BCUT2D eigenvalue weighted by atomic mass is 9.92. The van der Waals surface area contributed by atoms with Crippen molar-refractivity contribution in [1.29, 1.82) is 0 Å². The fourth-order valence-electron chi connectivity index (χ4n) is 1.89. The Morgan fingerprint density at radius 2 is 2.13 bits per heavy atom. The summed E-state index contributed by atoms with van der Waals surface area (Å²) in [7, 11) is 1.34. The van der Waals surface area contributed by atoms with Crippen molar-refractivity contribution < 1.29 is 14.3 Å². The second-order valence-corrected chi connectivity index (χ2v) is 3.89. The summed E-state index contributed by atoms with van der Waals surface area (Å²) in [5.74, 6) is -0.229. The number of primary amides is 1. The van der Waals surface area contributed by atoms with Crippen LogP contribution in [0.5, 0.6) is 0 Å². The number of piperidine rings is 1. The van der Waals surface area contributed by atoms with Gasteiger partial charge in [0.2, 0.25) is 0 Å². The van der Waals surface area contributed by atoms with E-state index in [1.807, 2.05) is 0 Å². The Morgan fingerprint density at radius 1 is 1.47 bits per heavy atom. The van der Waals surface area contributed by atoms with Crippen molar-refractivity contribution >= 4 is 12.0 Å². The molecule has 86 valence electrons. The van der Waals surface area contributed by atoms with Crippen molar-refractivity contribution in [3.05, 3.63) is 0 Å². The molecule has 4 N–H and O–H groups in total. The van der Waals surface area contributed by atoms with Crippen molar-refractivity contribution in [3.63, 3.8) is 0 Å². The van der Waals surface area contributed by atoms with E-state index in [1.165, 1.54) is 12.0 Å². The zero-order valence-electron chi connectivity index (χ0n) is 8.81. The Balaban J connectivity index is 2.51. The molecule has 6 heteroatoms. The molecule has 2 amide bonds. The van der Waals surface area contributed by atoms with Crippen molar-refractivity contribution in [2.24, 2.45) is 17.4 Å². The summed E-state index contributed by atoms with van der Waals surface area (Å²) in [5, 5.41) is 0. The van der Waals surface area contributed by atoms with Crippen LogP contribution in [-0.2, 0) is 9.53 Å². The Bertz CT molecular complexity index is 257. The predicted molar refractivity (Wildman–Crippen MR) is 53.9 cm³/mol. The number of rotatable bonds is 2. The number of hydrogen-bond donors (Lipinski definition) is 2. The highest BCUT2D eigenvalue weighted by atomic mass is 16.5. The lowest BCUT2D eigenvalue weighted by molar-refractivity contribution is -0.142. The molecule has 15 heavy (non-hydrogen) atoms. The van der Waals surface area contributed by atoms with E-state index >= 15 is 0 Å². The number of esters is 1. The highest BCUT2D eigenvalue weighted by Crippen LogP contribution is 2.19. The summed E-state index contributed by atoms with van der Waals surface area (Å²) in [6.07, 6.45) is 1.01. The molecule has 6 nitrogen and oxygen atoms in total. The van der Waals surface area contributed by atoms with Crippen molar-refractivity contribution in [1.82, 2.24) is 4.90 Å². The van der Waals surface area contributed by atoms with Crippen LogP contribution in [-0.4, -0.2) is 43.1 Å². The number of likely N-dealkylation sites (tertiary alicyclic amines) is 1. The van der Waals surface area contributed by atoms with Gasteiger partial charge in [-0.1, -0.05) is 0 Å². The lowest BCUT2D eigenvalue weighted by Crippen LogP contribution is -2.51. The second-order valence-electron chi connectivity index (χ2n) is 3.89. The van der Waals surface area contributed by atoms with Gasteiger partial charge < -0.3 is 21.1 Å². The molecular formula is C9H17N3O3. The molecule has 2 unspecified atom stereocenters. The van der Waals surface area contributed by atoms with E-state index in [0.717, 1.165) is 6.42 Å². The molecule has 0 radical (unpaired) electrons. The quantitative estimate of drug-likeness (QED) is 0.594. The molecule has 0 bridgehead atoms. The minimum absolute atomic E-state index is 0.0497. The number of hydrogen-bond acceptors (Lipinski definition) is 4. The van der Waals surface area contributed by atoms with Gasteiger partial charge in [0.15, 0.2) is 0 Å². The Labute approximate surface area is 88.5 Å². The third-order valence-electron chi connectivity index (χ3n) is 2.56. The van der Waals surface area contributed by atoms with Crippen LogP contribution in [0.15, 0.2) is 0 Å². The Kier molecular flexibility index (Phi) is 3.90. The summed E-state index contributed by atoms with van der Waals surface area (Å²) in [4.78, 5) is 23.5. The van der Waals surface area contributed by atoms with Gasteiger partial charge in [0.1, 0.15) is 0 Å². The minimum atomic E-state index is -0.486. The third-order valence-corrected chi connectivity index (χ3v) is 2.56. The summed E-state index contributed by atoms with van der Waals surface area (Å²) in [6, 6.07) is -0.596. The molecule has 0 aliphatic carbocycles. The van der Waals surface area contributed by atoms with Crippen molar-refractivity contribution in [2.75, 3.05) is 20.2 Å². The Hall–Kier alpha value is -1.30. The first-order valence-electron chi connectivity index (χ1n) is 4.89. The summed E-state index contributed by atoms with van der Waals surface area (Å²) in [6.45, 7) is 0.950. The van der Waals surface area contributed by atoms with Crippen LogP contribution >= 0.6 is 0 Å². The number of nitrogens with two attached hydrogens (primary N) is 2. The zero-order valence-corrected chi connectivity index (χ0v) is 8.81. The third kappa shape index (κ3) is 3.39. The van der Waals surface area contributed by atoms with Crippen LogP contribution in [0, 0.1) is 5.92 Å². The monoisotopic (exact) mass is 215 g/mol. The highest BCUT2D eigenvalue weighted by molar-refractivity contribution is 5.73. The maximum Gasteiger partial charge on any atom is 0.314 e. The predicted octanol–water partition coefficient (Wildman–Crippen LogP) is -0.723. The van der Waals surface area contributed by atoms with Crippen LogP contribution in [0.1, 0.15) is 12.8 Å². The molecule has 1 saturated heterocycles. The second kappa shape index (κ2) is 4.97. The fourth-order valence-corrected chi connectivity index (χ4v) is 1.89. The van der Waals surface area contributed by atoms with Gasteiger partial charge in [0.25, 0.3) is 0 Å². The van der Waals surface area contributed by atoms with E-state index in [4.69, 9.17) is 11.5 Å². The molecule has 1 aliphatic rings. The summed E-state index contributed by atoms with van der Waals surface area (Å²) >= 11 is 0. The van der Waals surface area contributed by atoms with E-state index in [-0.39, 0.29) is 24.3 Å². The molecule has 1 aliphatic heterocycles. The average Bonchev–Trinajstić information content (AvgIpc) is 2.16. The average molecular weight is 215 g/mol. The zero-order chi connectivity index (χ0) is 11.4. The van der Waals surface area contributed by atoms with E-state index in [2.05, 4.69) is 4.74 Å². The molecule has 0 spiro atoms. The van der Waals surface area contributed by atoms with E-state index in [1.54, 1.807) is 0 Å². The number of amides is 2. The first kappa shape index (κ1) is 11.8. The molecular weight excluding hydrogens is 198 g/mol. The standard InChI is InChI=1S/C9H17N3O3/c1-15-8(13)3-6-2-7(10)5-12(4-6)9(11)14/h6-7H,2-5,10H2,1H3,(H2,11,14). The summed E-state index contributed by atoms with van der Waals surface area (Å²) < 4.78 is 4.57. The molecule has 0 aromatic heterocycles. The molecule has 1 fully saturated rings. The highest BCUT2D eigenvalue weighted by Gasteiger charge is 2.28. The van der Waals surface area contributed by atoms with Crippen LogP contribution in [0.25, 0.3) is 0 Å². The lowest BCUT2D eigenvalue weighted by Gasteiger charge is -2.34. The molecule has 2 atom stereocenters. The Morgan fingerprint density at radius 3 is 2.67 bits per heavy atom. The van der Waals surface area contributed by atoms with Gasteiger partial charge in [-0.15, -0.1) is 0 Å². The topological polar surface area (TPSA) is 98.7 Å². The summed E-state index contributed by atoms with van der Waals surface area (Å²) in [5.41, 5.74) is 10.9. The van der Waals surface area contributed by atoms with Crippen LogP contribution < -0.4 is 11.5 Å². The molecule has 1 heterocycles. The number of ether oxygens (including phenoxy) is 1. The van der Waals surface area contributed by atoms with Crippen LogP contribution in [0.4, 0.5) is 4.79 Å². The number of nitrogens with zero attached hydrogens (tertiary/aromatic N) is 1. The number of methoxy groups -OCH3 is 1. The first-order chi connectivity index (χ1) is 7.02. The fraction of sp³-hybridized carbons (Fsp3) is 0.778. The van der Waals surface area contributed by atoms with Gasteiger partial charge in [-0.05, 0) is 12.3 Å². The molecule has 0 aromatic rings. The smallest absolute Gasteiger partial charge is 0.314 e. The van der Waals surface area contributed by atoms with E-state index < -0.39 is 6.03 Å². The molecule has 1 rings (SSSR count). The van der Waals surface area contributed by atoms with E-state index in [9.17, 15) is 9.59 Å². The number of carbonyl (C=O) groups is 2. The minimum Gasteiger partial charge on any atom is -0.469 e. The maximum atomic E-state index is 11.1. The SMILES string of the molecule is COC(=O)CC1CC(N)CN(C(N)=O)C1. The van der Waals surface area contributed by atoms with Crippen molar-refractivity contribution in [3.8, 4) is 0 Å². The van der Waals surface area contributed by atoms with Gasteiger partial charge in [0, 0.05) is 19.1 Å². The van der Waals surface area contributed by atoms with Gasteiger partial charge in [-0.3, -0.25) is 4.79 Å². The van der Waals surface area contributed by atoms with Gasteiger partial charge in [-0.2, -0.15) is 0 Å². The normalized spacial score (nSPS) is 26.1. The van der Waals surface area contributed by atoms with Crippen LogP contribution in [0.3, 0.4) is 0 Å². The first-order valence-corrected chi connectivity index (χ1v) is 4.89. The van der Waals surface area contributed by atoms with E-state index in [0.29, 0.717) is 13.1 Å². The molecule has 0 aromatic carbocycles. The van der Waals surface area contributed by atoms with Crippen molar-refractivity contribution in [2.45, 2.75) is 18.9 Å². The molecule has 0 saturated carbocycles.